The summed E-state index contributed by atoms with van der Waals surface area (Å²) in [6.45, 7) is 15.0. The third-order valence-electron chi connectivity index (χ3n) is 14.6. The molecule has 0 aromatic carbocycles. The van der Waals surface area contributed by atoms with E-state index in [1.54, 1.807) is 6.92 Å². The highest BCUT2D eigenvalue weighted by Gasteiger charge is 2.81. The van der Waals surface area contributed by atoms with Gasteiger partial charge in [0, 0.05) is 18.3 Å². The first-order chi connectivity index (χ1) is 17.6. The molecule has 2 bridgehead atoms. The van der Waals surface area contributed by atoms with Crippen molar-refractivity contribution in [3.05, 3.63) is 0 Å². The molecule has 2 N–H and O–H groups in total. The third kappa shape index (κ3) is 2.88. The van der Waals surface area contributed by atoms with Gasteiger partial charge in [0.15, 0.2) is 0 Å². The van der Waals surface area contributed by atoms with E-state index in [1.165, 1.54) is 6.92 Å². The van der Waals surface area contributed by atoms with E-state index in [-0.39, 0.29) is 51.5 Å². The zero-order valence-electron chi connectivity index (χ0n) is 24.7. The summed E-state index contributed by atoms with van der Waals surface area (Å²) in [6, 6.07) is 0. The van der Waals surface area contributed by atoms with E-state index in [0.717, 1.165) is 57.8 Å². The fraction of sp³-hybridized carbons (Fsp3) is 0.938. The molecule has 5 aliphatic carbocycles. The van der Waals surface area contributed by atoms with Crippen molar-refractivity contribution in [2.75, 3.05) is 6.61 Å². The van der Waals surface area contributed by atoms with Crippen LogP contribution in [0.4, 0.5) is 0 Å². The quantitative estimate of drug-likeness (QED) is 0.473. The van der Waals surface area contributed by atoms with Crippen molar-refractivity contribution >= 4 is 11.9 Å². The minimum Gasteiger partial charge on any atom is -0.462 e. The first-order valence-electron chi connectivity index (χ1n) is 15.3. The second-order valence-corrected chi connectivity index (χ2v) is 16.0. The number of fused-ring (bicyclic) bond motifs is 5. The first-order valence-corrected chi connectivity index (χ1v) is 15.3. The molecule has 1 aliphatic heterocycles. The number of aliphatic hydroxyl groups is 2. The molecule has 0 aromatic rings. The number of carbonyl (C=O) groups is 2. The predicted octanol–water partition coefficient (Wildman–Crippen LogP) is 5.42. The summed E-state index contributed by atoms with van der Waals surface area (Å²) in [5, 5.41) is 21.8. The van der Waals surface area contributed by atoms with Crippen LogP contribution in [0.1, 0.15) is 113 Å². The largest absolute Gasteiger partial charge is 0.462 e. The van der Waals surface area contributed by atoms with Gasteiger partial charge in [0.2, 0.25) is 0 Å². The van der Waals surface area contributed by atoms with Crippen molar-refractivity contribution in [2.24, 2.45) is 50.7 Å². The molecule has 6 fully saturated rings. The number of aliphatic hydroxyl groups excluding tert-OH is 1. The third-order valence-corrected chi connectivity index (χ3v) is 14.6. The molecule has 0 unspecified atom stereocenters. The summed E-state index contributed by atoms with van der Waals surface area (Å²) >= 11 is 0. The molecule has 11 atom stereocenters. The second-order valence-electron chi connectivity index (χ2n) is 16.0. The van der Waals surface area contributed by atoms with Crippen LogP contribution in [0, 0.1) is 50.7 Å². The molecule has 6 rings (SSSR count). The van der Waals surface area contributed by atoms with Gasteiger partial charge < -0.3 is 19.7 Å². The monoisotopic (exact) mass is 530 g/mol. The Balaban J connectivity index is 1.39. The Morgan fingerprint density at radius 1 is 0.947 bits per heavy atom. The Morgan fingerprint density at radius 2 is 1.63 bits per heavy atom. The number of hydrogen-bond acceptors (Lipinski definition) is 6. The van der Waals surface area contributed by atoms with E-state index in [9.17, 15) is 19.8 Å². The first kappa shape index (κ1) is 27.1. The van der Waals surface area contributed by atoms with E-state index in [0.29, 0.717) is 18.3 Å². The zero-order chi connectivity index (χ0) is 27.7. The molecule has 1 saturated heterocycles. The predicted molar refractivity (Wildman–Crippen MR) is 143 cm³/mol. The normalized spacial score (nSPS) is 54.0. The van der Waals surface area contributed by atoms with Crippen molar-refractivity contribution < 1.29 is 29.3 Å². The summed E-state index contributed by atoms with van der Waals surface area (Å²) in [5.41, 5.74) is -2.68. The maximum atomic E-state index is 13.5. The maximum absolute atomic E-state index is 13.5. The molecular weight excluding hydrogens is 480 g/mol. The highest BCUT2D eigenvalue weighted by atomic mass is 16.6. The molecular formula is C32H50O6. The lowest BCUT2D eigenvalue weighted by atomic mass is 9.32. The topological polar surface area (TPSA) is 93.1 Å². The maximum Gasteiger partial charge on any atom is 0.313 e. The summed E-state index contributed by atoms with van der Waals surface area (Å²) in [7, 11) is 0. The van der Waals surface area contributed by atoms with Gasteiger partial charge in [0.25, 0.3) is 0 Å². The number of rotatable bonds is 3. The Bertz CT molecular complexity index is 1050. The van der Waals surface area contributed by atoms with Crippen LogP contribution in [-0.4, -0.2) is 46.1 Å². The van der Waals surface area contributed by atoms with Crippen LogP contribution in [0.25, 0.3) is 0 Å². The number of esters is 2. The Labute approximate surface area is 228 Å². The summed E-state index contributed by atoms with van der Waals surface area (Å²) in [5.74, 6) is 1.00. The van der Waals surface area contributed by atoms with Crippen molar-refractivity contribution in [3.8, 4) is 0 Å². The summed E-state index contributed by atoms with van der Waals surface area (Å²) < 4.78 is 12.1. The molecule has 0 aromatic heterocycles. The second kappa shape index (κ2) is 7.78. The SMILES string of the molecule is CC(=O)O[C@@H]1CC[C@]2(C)[C@H](CC[C@]3(C)[C@H]2CC[C@@H]2[C@@H]4[C@@]5(CC[C@@]23C)CC[C@]4([C@](C)(O)CO)OC5=O)C1(C)C. The fourth-order valence-electron chi connectivity index (χ4n) is 12.6. The standard InChI is InChI=1S/C32H50O6/c1-19(34)37-23-11-12-27(4)21(26(23,2)3)10-13-29(6)22(27)9-8-20-24-31(15-14-28(20,29)5)16-17-32(24,38-25(31)35)30(7,36)18-33/h20-24,33,36H,8-18H2,1-7H3/t20-,21-,22+,23-,24-,27-,28+,29-,30-,31-,32+/m1/s1. The zero-order valence-corrected chi connectivity index (χ0v) is 24.7. The lowest BCUT2D eigenvalue weighted by molar-refractivity contribution is -0.257. The molecule has 6 heteroatoms. The van der Waals surface area contributed by atoms with Gasteiger partial charge in [-0.3, -0.25) is 9.59 Å². The van der Waals surface area contributed by atoms with Gasteiger partial charge in [-0.15, -0.1) is 0 Å². The van der Waals surface area contributed by atoms with Crippen LogP contribution in [-0.2, 0) is 19.1 Å². The van der Waals surface area contributed by atoms with Gasteiger partial charge in [0.05, 0.1) is 12.0 Å². The highest BCUT2D eigenvalue weighted by Crippen LogP contribution is 2.80. The molecule has 0 amide bonds. The van der Waals surface area contributed by atoms with Crippen LogP contribution in [0.3, 0.4) is 0 Å². The van der Waals surface area contributed by atoms with Gasteiger partial charge in [-0.1, -0.05) is 34.6 Å². The molecule has 5 saturated carbocycles. The van der Waals surface area contributed by atoms with E-state index in [4.69, 9.17) is 9.47 Å². The van der Waals surface area contributed by atoms with Crippen LogP contribution in [0.15, 0.2) is 0 Å². The molecule has 1 heterocycles. The smallest absolute Gasteiger partial charge is 0.313 e. The van der Waals surface area contributed by atoms with E-state index in [1.807, 2.05) is 0 Å². The average molecular weight is 531 g/mol. The molecule has 0 radical (unpaired) electrons. The Morgan fingerprint density at radius 3 is 2.26 bits per heavy atom. The lowest BCUT2D eigenvalue weighted by Gasteiger charge is -2.72. The van der Waals surface area contributed by atoms with Crippen LogP contribution in [0.5, 0.6) is 0 Å². The summed E-state index contributed by atoms with van der Waals surface area (Å²) in [6.07, 6.45) is 9.67. The highest BCUT2D eigenvalue weighted by molar-refractivity contribution is 5.82. The number of carbonyl (C=O) groups excluding carboxylic acids is 2. The Kier molecular flexibility index (Phi) is 5.54. The van der Waals surface area contributed by atoms with Crippen LogP contribution >= 0.6 is 0 Å². The van der Waals surface area contributed by atoms with E-state index < -0.39 is 23.2 Å². The Hall–Kier alpha value is -1.14. The lowest BCUT2D eigenvalue weighted by Crippen LogP contribution is -2.68. The molecule has 0 spiro atoms. The number of hydrogen-bond donors (Lipinski definition) is 2. The minimum absolute atomic E-state index is 0.0262. The van der Waals surface area contributed by atoms with Gasteiger partial charge in [-0.25, -0.2) is 0 Å². The van der Waals surface area contributed by atoms with E-state index >= 15 is 0 Å². The molecule has 6 nitrogen and oxygen atoms in total. The van der Waals surface area contributed by atoms with Crippen LogP contribution < -0.4 is 0 Å². The van der Waals surface area contributed by atoms with Gasteiger partial charge in [-0.2, -0.15) is 0 Å². The fourth-order valence-corrected chi connectivity index (χ4v) is 12.6. The van der Waals surface area contributed by atoms with E-state index in [2.05, 4.69) is 34.6 Å². The van der Waals surface area contributed by atoms with Crippen LogP contribution in [0.2, 0.25) is 0 Å². The van der Waals surface area contributed by atoms with Crippen molar-refractivity contribution in [1.82, 2.24) is 0 Å². The minimum atomic E-state index is -1.44. The number of ether oxygens (including phenoxy) is 2. The van der Waals surface area contributed by atoms with Crippen molar-refractivity contribution in [3.63, 3.8) is 0 Å². The average Bonchev–Trinajstić information content (AvgIpc) is 3.31. The molecule has 6 aliphatic rings. The van der Waals surface area contributed by atoms with Crippen molar-refractivity contribution in [1.29, 1.82) is 0 Å². The van der Waals surface area contributed by atoms with Gasteiger partial charge in [-0.05, 0) is 105 Å². The van der Waals surface area contributed by atoms with Gasteiger partial charge in [0.1, 0.15) is 17.3 Å². The molecule has 38 heavy (non-hydrogen) atoms. The molecule has 214 valence electrons. The summed E-state index contributed by atoms with van der Waals surface area (Å²) in [4.78, 5) is 25.4. The van der Waals surface area contributed by atoms with Gasteiger partial charge >= 0.3 is 11.9 Å². The van der Waals surface area contributed by atoms with Crippen molar-refractivity contribution in [2.45, 2.75) is 130 Å².